The highest BCUT2D eigenvalue weighted by atomic mass is 35.5. The molecule has 0 saturated carbocycles. The maximum Gasteiger partial charge on any atom is 0.0973 e. The van der Waals surface area contributed by atoms with Crippen LogP contribution in [0.3, 0.4) is 0 Å². The molecule has 0 amide bonds. The number of anilines is 2. The number of quaternary nitrogens is 1. The molecule has 1 aliphatic heterocycles. The predicted octanol–water partition coefficient (Wildman–Crippen LogP) is 3.44. The topological polar surface area (TPSA) is 86.5 Å². The molecule has 0 spiro atoms. The molecule has 0 bridgehead atoms. The van der Waals surface area contributed by atoms with E-state index in [0.717, 1.165) is 24.5 Å². The van der Waals surface area contributed by atoms with Gasteiger partial charge in [0.2, 0.25) is 0 Å². The monoisotopic (exact) mass is 429 g/mol. The lowest BCUT2D eigenvalue weighted by atomic mass is 10.2. The van der Waals surface area contributed by atoms with Gasteiger partial charge >= 0.3 is 0 Å². The number of rotatable bonds is 4. The van der Waals surface area contributed by atoms with Crippen molar-refractivity contribution in [1.29, 1.82) is 0 Å². The molecule has 27 heavy (non-hydrogen) atoms. The summed E-state index contributed by atoms with van der Waals surface area (Å²) < 4.78 is 27.7. The Labute approximate surface area is 170 Å². The fourth-order valence-corrected chi connectivity index (χ4v) is 3.92. The molecule has 2 aromatic rings. The van der Waals surface area contributed by atoms with E-state index >= 15 is 0 Å². The number of halogens is 1. The number of nitrogens with zero attached hydrogens (tertiary/aromatic N) is 2. The molecule has 2 aromatic carbocycles. The summed E-state index contributed by atoms with van der Waals surface area (Å²) in [5, 5.41) is 0.777. The largest absolute Gasteiger partial charge is 0.748 e. The predicted molar refractivity (Wildman–Crippen MR) is 110 cm³/mol. The lowest BCUT2D eigenvalue weighted by molar-refractivity contribution is -0.902. The summed E-state index contributed by atoms with van der Waals surface area (Å²) in [6.45, 7) is 1.87. The molecule has 0 atom stereocenters. The first-order valence-electron chi connectivity index (χ1n) is 8.30. The summed E-state index contributed by atoms with van der Waals surface area (Å²) in [5.41, 5.74) is 2.45. The maximum absolute atomic E-state index is 9.08. The molecule has 6 nitrogen and oxygen atoms in total. The van der Waals surface area contributed by atoms with Gasteiger partial charge in [0, 0.05) is 34.0 Å². The van der Waals surface area contributed by atoms with Gasteiger partial charge in [0.25, 0.3) is 0 Å². The van der Waals surface area contributed by atoms with Crippen LogP contribution in [0.15, 0.2) is 52.3 Å². The minimum absolute atomic E-state index is 0.493. The molecular formula is C18H24ClN3O3S2. The Morgan fingerprint density at radius 2 is 1.74 bits per heavy atom. The van der Waals surface area contributed by atoms with Gasteiger partial charge in [-0.25, -0.2) is 8.42 Å². The van der Waals surface area contributed by atoms with Crippen molar-refractivity contribution in [3.8, 4) is 0 Å². The highest BCUT2D eigenvalue weighted by Crippen LogP contribution is 2.48. The van der Waals surface area contributed by atoms with Gasteiger partial charge in [-0.2, -0.15) is 5.84 Å². The first-order chi connectivity index (χ1) is 12.4. The zero-order valence-corrected chi connectivity index (χ0v) is 17.9. The van der Waals surface area contributed by atoms with E-state index in [1.165, 1.54) is 21.2 Å². The van der Waals surface area contributed by atoms with Crippen molar-refractivity contribution in [2.45, 2.75) is 16.2 Å². The van der Waals surface area contributed by atoms with Crippen molar-refractivity contribution >= 4 is 44.9 Å². The van der Waals surface area contributed by atoms with Gasteiger partial charge in [-0.15, -0.1) is 0 Å². The molecule has 1 aliphatic rings. The quantitative estimate of drug-likeness (QED) is 0.346. The second-order valence-corrected chi connectivity index (χ2v) is 9.82. The summed E-state index contributed by atoms with van der Waals surface area (Å²) >= 11 is 8.02. The van der Waals surface area contributed by atoms with Crippen molar-refractivity contribution in [1.82, 2.24) is 0 Å². The number of hydrogen-bond donors (Lipinski definition) is 1. The Bertz CT molecular complexity index is 891. The first-order valence-corrected chi connectivity index (χ1v) is 11.3. The molecule has 0 aliphatic carbocycles. The van der Waals surface area contributed by atoms with E-state index in [4.69, 9.17) is 30.4 Å². The van der Waals surface area contributed by atoms with Gasteiger partial charge in [-0.05, 0) is 30.3 Å². The molecular weight excluding hydrogens is 406 g/mol. The zero-order valence-electron chi connectivity index (χ0n) is 15.6. The Kier molecular flexibility index (Phi) is 7.18. The van der Waals surface area contributed by atoms with Crippen LogP contribution in [0.2, 0.25) is 5.02 Å². The average molecular weight is 430 g/mol. The average Bonchev–Trinajstić information content (AvgIpc) is 2.52. The van der Waals surface area contributed by atoms with Gasteiger partial charge in [0.1, 0.15) is 0 Å². The van der Waals surface area contributed by atoms with Gasteiger partial charge < -0.3 is 9.45 Å². The van der Waals surface area contributed by atoms with Crippen LogP contribution in [0.4, 0.5) is 11.4 Å². The lowest BCUT2D eigenvalue weighted by Crippen LogP contribution is -2.48. The zero-order chi connectivity index (χ0) is 20.2. The fraction of sp³-hybridized carbons (Fsp3) is 0.333. The van der Waals surface area contributed by atoms with Crippen molar-refractivity contribution in [2.24, 2.45) is 5.84 Å². The molecule has 0 aromatic heterocycles. The molecule has 0 unspecified atom stereocenters. The smallest absolute Gasteiger partial charge is 0.0973 e. The van der Waals surface area contributed by atoms with E-state index in [2.05, 4.69) is 41.3 Å². The van der Waals surface area contributed by atoms with Gasteiger partial charge in [-0.1, -0.05) is 35.5 Å². The summed E-state index contributed by atoms with van der Waals surface area (Å²) in [6, 6.07) is 14.6. The van der Waals surface area contributed by atoms with Crippen LogP contribution in [0.25, 0.3) is 0 Å². The normalized spacial score (nSPS) is 13.3. The highest BCUT2D eigenvalue weighted by Gasteiger charge is 2.23. The Morgan fingerprint density at radius 1 is 1.15 bits per heavy atom. The van der Waals surface area contributed by atoms with Gasteiger partial charge in [0.15, 0.2) is 0 Å². The minimum Gasteiger partial charge on any atom is -0.748 e. The van der Waals surface area contributed by atoms with Gasteiger partial charge in [-0.3, -0.25) is 4.59 Å². The summed E-state index contributed by atoms with van der Waals surface area (Å²) in [6.07, 6.45) is 1.63. The second kappa shape index (κ2) is 8.81. The third kappa shape index (κ3) is 7.33. The van der Waals surface area contributed by atoms with E-state index in [0.29, 0.717) is 10.8 Å². The van der Waals surface area contributed by atoms with E-state index in [1.54, 1.807) is 11.8 Å². The van der Waals surface area contributed by atoms with Crippen LogP contribution in [-0.2, 0) is 10.1 Å². The van der Waals surface area contributed by atoms with Crippen LogP contribution < -0.4 is 10.7 Å². The van der Waals surface area contributed by atoms with E-state index in [9.17, 15) is 0 Å². The number of nitrogens with two attached hydrogens (primary N) is 1. The number of benzene rings is 2. The van der Waals surface area contributed by atoms with Crippen molar-refractivity contribution in [2.75, 3.05) is 38.3 Å². The minimum atomic E-state index is -3.92. The maximum atomic E-state index is 9.08. The molecule has 2 N–H and O–H groups in total. The van der Waals surface area contributed by atoms with Crippen molar-refractivity contribution < 1.29 is 17.6 Å². The third-order valence-corrected chi connectivity index (χ3v) is 5.07. The van der Waals surface area contributed by atoms with E-state index < -0.39 is 10.1 Å². The van der Waals surface area contributed by atoms with Crippen LogP contribution in [0.1, 0.15) is 6.42 Å². The van der Waals surface area contributed by atoms with Crippen LogP contribution in [-0.4, -0.2) is 51.0 Å². The number of para-hydroxylation sites is 1. The van der Waals surface area contributed by atoms with E-state index in [-0.39, 0.29) is 0 Å². The van der Waals surface area contributed by atoms with Gasteiger partial charge in [0.05, 0.1) is 42.1 Å². The van der Waals surface area contributed by atoms with Crippen LogP contribution >= 0.6 is 23.4 Å². The summed E-state index contributed by atoms with van der Waals surface area (Å²) in [4.78, 5) is 4.91. The highest BCUT2D eigenvalue weighted by molar-refractivity contribution is 7.99. The standard InChI is InChI=1S/C17H21ClN3S.CH4O3S/c1-21(2,19)11-5-10-20-14-6-3-4-7-16(14)22-17-9-8-13(18)12-15(17)20;1-5(2,3)4/h3-4,6-9,12H,5,10-11,19H2,1-2H3;1H3,(H,2,3,4)/q+1;/p-1. The lowest BCUT2D eigenvalue weighted by Gasteiger charge is -2.33. The molecule has 0 fully saturated rings. The molecule has 0 radical (unpaired) electrons. The fourth-order valence-electron chi connectivity index (χ4n) is 2.68. The molecule has 3 rings (SSSR count). The Balaban J connectivity index is 0.000000465. The Hall–Kier alpha value is -1.29. The third-order valence-electron chi connectivity index (χ3n) is 3.70. The van der Waals surface area contributed by atoms with Crippen molar-refractivity contribution in [3.63, 3.8) is 0 Å². The first kappa shape index (κ1) is 22.0. The molecule has 148 valence electrons. The molecule has 1 heterocycles. The van der Waals surface area contributed by atoms with E-state index in [1.807, 2.05) is 20.2 Å². The summed E-state index contributed by atoms with van der Waals surface area (Å²) in [7, 11) is 0.121. The van der Waals surface area contributed by atoms with Crippen LogP contribution in [0.5, 0.6) is 0 Å². The number of hydrogen-bond acceptors (Lipinski definition) is 6. The second-order valence-electron chi connectivity index (χ2n) is 6.89. The Morgan fingerprint density at radius 3 is 2.37 bits per heavy atom. The molecule has 0 saturated heterocycles. The molecule has 9 heteroatoms. The number of fused-ring (bicyclic) bond motifs is 2. The van der Waals surface area contributed by atoms with Crippen LogP contribution in [0, 0.1) is 0 Å². The summed E-state index contributed by atoms with van der Waals surface area (Å²) in [5.74, 6) is 6.06. The van der Waals surface area contributed by atoms with Crippen molar-refractivity contribution in [3.05, 3.63) is 47.5 Å². The SMILES string of the molecule is CS(=O)(=O)[O-].C[N+](C)(N)CCCN1c2ccccc2Sc2ccc(Cl)cc21.